The van der Waals surface area contributed by atoms with E-state index in [-0.39, 0.29) is 42.2 Å². The summed E-state index contributed by atoms with van der Waals surface area (Å²) in [6, 6.07) is -0.0299. The molecule has 128 valence electrons. The third-order valence-electron chi connectivity index (χ3n) is 4.62. The van der Waals surface area contributed by atoms with Crippen LogP contribution in [0.2, 0.25) is 0 Å². The first-order valence-electron chi connectivity index (χ1n) is 8.39. The highest BCUT2D eigenvalue weighted by Gasteiger charge is 2.28. The molecule has 0 aliphatic heterocycles. The molecule has 0 radical (unpaired) electrons. The van der Waals surface area contributed by atoms with Crippen LogP contribution in [0.5, 0.6) is 0 Å². The number of halogens is 1. The Morgan fingerprint density at radius 2 is 1.77 bits per heavy atom. The van der Waals surface area contributed by atoms with Crippen molar-refractivity contribution in [3.05, 3.63) is 0 Å². The highest BCUT2D eigenvalue weighted by Crippen LogP contribution is 2.31. The van der Waals surface area contributed by atoms with E-state index in [9.17, 15) is 9.59 Å². The first-order valence-corrected chi connectivity index (χ1v) is 8.39. The zero-order chi connectivity index (χ0) is 15.2. The highest BCUT2D eigenvalue weighted by molar-refractivity contribution is 5.85. The number of nitrogens with one attached hydrogen (secondary N) is 2. The lowest BCUT2D eigenvalue weighted by molar-refractivity contribution is -0.127. The summed E-state index contributed by atoms with van der Waals surface area (Å²) in [4.78, 5) is 23.9. The molecular formula is C16H30ClN3O2. The summed E-state index contributed by atoms with van der Waals surface area (Å²) in [5.41, 5.74) is 5.95. The van der Waals surface area contributed by atoms with E-state index in [1.165, 1.54) is 19.3 Å². The topological polar surface area (TPSA) is 84.2 Å². The molecule has 0 aromatic rings. The molecule has 2 fully saturated rings. The predicted molar refractivity (Wildman–Crippen MR) is 89.8 cm³/mol. The van der Waals surface area contributed by atoms with E-state index in [0.717, 1.165) is 25.7 Å². The second-order valence-electron chi connectivity index (χ2n) is 6.75. The van der Waals surface area contributed by atoms with Gasteiger partial charge in [0.25, 0.3) is 0 Å². The molecule has 0 spiro atoms. The summed E-state index contributed by atoms with van der Waals surface area (Å²) >= 11 is 0. The lowest BCUT2D eigenvalue weighted by atomic mass is 9.88. The van der Waals surface area contributed by atoms with Crippen LogP contribution in [0.25, 0.3) is 0 Å². The van der Waals surface area contributed by atoms with Crippen LogP contribution in [0.3, 0.4) is 0 Å². The largest absolute Gasteiger partial charge is 0.354 e. The van der Waals surface area contributed by atoms with Crippen molar-refractivity contribution in [1.29, 1.82) is 0 Å². The Labute approximate surface area is 139 Å². The van der Waals surface area contributed by atoms with Gasteiger partial charge in [0.1, 0.15) is 0 Å². The first-order chi connectivity index (χ1) is 10.1. The maximum Gasteiger partial charge on any atom is 0.223 e. The monoisotopic (exact) mass is 331 g/mol. The quantitative estimate of drug-likeness (QED) is 0.664. The predicted octanol–water partition coefficient (Wildman–Crippen LogP) is 1.74. The fraction of sp³-hybridized carbons (Fsp3) is 0.875. The molecule has 2 aliphatic carbocycles. The van der Waals surface area contributed by atoms with E-state index in [1.54, 1.807) is 0 Å². The lowest BCUT2D eigenvalue weighted by Gasteiger charge is -2.23. The van der Waals surface area contributed by atoms with Crippen molar-refractivity contribution >= 4 is 24.2 Å². The maximum atomic E-state index is 12.1. The van der Waals surface area contributed by atoms with Gasteiger partial charge in [-0.3, -0.25) is 9.59 Å². The third kappa shape index (κ3) is 6.53. The minimum Gasteiger partial charge on any atom is -0.354 e. The van der Waals surface area contributed by atoms with Crippen molar-refractivity contribution in [2.45, 2.75) is 70.4 Å². The number of carbonyl (C=O) groups excluding carboxylic acids is 2. The fourth-order valence-electron chi connectivity index (χ4n) is 3.05. The maximum absolute atomic E-state index is 12.1. The van der Waals surface area contributed by atoms with Crippen molar-refractivity contribution < 1.29 is 9.59 Å². The molecule has 0 bridgehead atoms. The molecule has 2 amide bonds. The van der Waals surface area contributed by atoms with Gasteiger partial charge in [0.15, 0.2) is 0 Å². The van der Waals surface area contributed by atoms with E-state index in [1.807, 2.05) is 6.92 Å². The molecule has 5 nitrogen and oxygen atoms in total. The number of rotatable bonds is 7. The molecule has 0 saturated heterocycles. The van der Waals surface area contributed by atoms with Crippen LogP contribution in [0.1, 0.15) is 58.3 Å². The van der Waals surface area contributed by atoms with Gasteiger partial charge in [-0.05, 0) is 38.5 Å². The SMILES string of the molecule is CC(CC(=O)NCC(N)C1CC1)NC(=O)C1CCCCC1.Cl. The molecular weight excluding hydrogens is 302 g/mol. The van der Waals surface area contributed by atoms with Crippen LogP contribution in [-0.4, -0.2) is 30.4 Å². The molecule has 0 aromatic carbocycles. The Kier molecular flexibility index (Phi) is 8.18. The Bertz CT molecular complexity index is 368. The zero-order valence-electron chi connectivity index (χ0n) is 13.5. The van der Waals surface area contributed by atoms with Crippen LogP contribution in [-0.2, 0) is 9.59 Å². The van der Waals surface area contributed by atoms with Crippen LogP contribution in [0.15, 0.2) is 0 Å². The van der Waals surface area contributed by atoms with Gasteiger partial charge in [0.2, 0.25) is 11.8 Å². The van der Waals surface area contributed by atoms with E-state index in [2.05, 4.69) is 10.6 Å². The summed E-state index contributed by atoms with van der Waals surface area (Å²) in [5.74, 6) is 0.827. The van der Waals surface area contributed by atoms with Crippen molar-refractivity contribution in [2.24, 2.45) is 17.6 Å². The molecule has 2 aliphatic rings. The summed E-state index contributed by atoms with van der Waals surface area (Å²) in [6.45, 7) is 2.44. The Balaban J connectivity index is 0.00000242. The number of hydrogen-bond acceptors (Lipinski definition) is 3. The minimum atomic E-state index is -0.114. The number of hydrogen-bond donors (Lipinski definition) is 3. The molecule has 2 atom stereocenters. The van der Waals surface area contributed by atoms with E-state index >= 15 is 0 Å². The Hall–Kier alpha value is -0.810. The minimum absolute atomic E-state index is 0. The summed E-state index contributed by atoms with van der Waals surface area (Å²) < 4.78 is 0. The van der Waals surface area contributed by atoms with Gasteiger partial charge < -0.3 is 16.4 Å². The molecule has 0 aromatic heterocycles. The summed E-state index contributed by atoms with van der Waals surface area (Å²) in [7, 11) is 0. The van der Waals surface area contributed by atoms with Crippen LogP contribution in [0.4, 0.5) is 0 Å². The summed E-state index contributed by atoms with van der Waals surface area (Å²) in [5, 5.41) is 5.84. The normalized spacial score (nSPS) is 21.4. The molecule has 4 N–H and O–H groups in total. The average Bonchev–Trinajstić information content (AvgIpc) is 3.30. The molecule has 2 saturated carbocycles. The molecule has 22 heavy (non-hydrogen) atoms. The van der Waals surface area contributed by atoms with Crippen LogP contribution in [0, 0.1) is 11.8 Å². The third-order valence-corrected chi connectivity index (χ3v) is 4.62. The number of carbonyl (C=O) groups is 2. The molecule has 0 heterocycles. The van der Waals surface area contributed by atoms with Crippen molar-refractivity contribution in [3.63, 3.8) is 0 Å². The average molecular weight is 332 g/mol. The molecule has 2 rings (SSSR count). The van der Waals surface area contributed by atoms with Gasteiger partial charge in [-0.1, -0.05) is 19.3 Å². The smallest absolute Gasteiger partial charge is 0.223 e. The molecule has 2 unspecified atom stereocenters. The standard InChI is InChI=1S/C16H29N3O2.ClH/c1-11(19-16(21)13-5-3-2-4-6-13)9-15(20)18-10-14(17)12-7-8-12;/h11-14H,2-10,17H2,1H3,(H,18,20)(H,19,21);1H. The van der Waals surface area contributed by atoms with E-state index < -0.39 is 0 Å². The zero-order valence-corrected chi connectivity index (χ0v) is 14.3. The Morgan fingerprint density at radius 3 is 2.36 bits per heavy atom. The van der Waals surface area contributed by atoms with Crippen LogP contribution < -0.4 is 16.4 Å². The van der Waals surface area contributed by atoms with Gasteiger partial charge in [-0.2, -0.15) is 0 Å². The van der Waals surface area contributed by atoms with Gasteiger partial charge in [-0.25, -0.2) is 0 Å². The summed E-state index contributed by atoms with van der Waals surface area (Å²) in [6.07, 6.45) is 8.20. The second kappa shape index (κ2) is 9.36. The van der Waals surface area contributed by atoms with Gasteiger partial charge >= 0.3 is 0 Å². The van der Waals surface area contributed by atoms with E-state index in [4.69, 9.17) is 5.73 Å². The highest BCUT2D eigenvalue weighted by atomic mass is 35.5. The second-order valence-corrected chi connectivity index (χ2v) is 6.75. The first kappa shape index (κ1) is 19.2. The fourth-order valence-corrected chi connectivity index (χ4v) is 3.05. The van der Waals surface area contributed by atoms with Gasteiger partial charge in [0.05, 0.1) is 0 Å². The van der Waals surface area contributed by atoms with Crippen molar-refractivity contribution in [1.82, 2.24) is 10.6 Å². The van der Waals surface area contributed by atoms with E-state index in [0.29, 0.717) is 18.9 Å². The molecule has 6 heteroatoms. The van der Waals surface area contributed by atoms with Gasteiger partial charge in [0, 0.05) is 31.0 Å². The van der Waals surface area contributed by atoms with Gasteiger partial charge in [-0.15, -0.1) is 12.4 Å². The number of nitrogens with two attached hydrogens (primary N) is 1. The Morgan fingerprint density at radius 1 is 1.14 bits per heavy atom. The van der Waals surface area contributed by atoms with Crippen molar-refractivity contribution in [2.75, 3.05) is 6.54 Å². The van der Waals surface area contributed by atoms with Crippen molar-refractivity contribution in [3.8, 4) is 0 Å². The van der Waals surface area contributed by atoms with Crippen LogP contribution >= 0.6 is 12.4 Å². The lowest BCUT2D eigenvalue weighted by Crippen LogP contribution is -2.43. The number of amides is 2.